The van der Waals surface area contributed by atoms with Crippen LogP contribution in [0, 0.1) is 6.08 Å². The van der Waals surface area contributed by atoms with Crippen LogP contribution in [0.4, 0.5) is 0 Å². The van der Waals surface area contributed by atoms with Crippen molar-refractivity contribution in [1.82, 2.24) is 0 Å². The normalized spacial score (nSPS) is 14.7. The fraction of sp³-hybridized carbons (Fsp3) is 0.188. The first-order valence-electron chi connectivity index (χ1n) is 5.71. The van der Waals surface area contributed by atoms with E-state index in [0.29, 0.717) is 0 Å². The molecular formula is C16H16Cl2Zr. The third-order valence-corrected chi connectivity index (χ3v) is 2.60. The summed E-state index contributed by atoms with van der Waals surface area (Å²) in [7, 11) is 0. The summed E-state index contributed by atoms with van der Waals surface area (Å²) in [5, 5.41) is 0. The van der Waals surface area contributed by atoms with Crippen LogP contribution >= 0.6 is 0 Å². The summed E-state index contributed by atoms with van der Waals surface area (Å²) in [5.74, 6) is 0. The van der Waals surface area contributed by atoms with Crippen molar-refractivity contribution in [3.8, 4) is 0 Å². The summed E-state index contributed by atoms with van der Waals surface area (Å²) >= 11 is 0. The van der Waals surface area contributed by atoms with Crippen molar-refractivity contribution < 1.29 is 51.0 Å². The van der Waals surface area contributed by atoms with Gasteiger partial charge in [-0.05, 0) is 6.42 Å². The van der Waals surface area contributed by atoms with Gasteiger partial charge in [0.25, 0.3) is 0 Å². The molecule has 0 atom stereocenters. The predicted molar refractivity (Wildman–Crippen MR) is 69.0 cm³/mol. The molecule has 0 aliphatic heterocycles. The van der Waals surface area contributed by atoms with E-state index in [9.17, 15) is 0 Å². The maximum absolute atomic E-state index is 3.33. The van der Waals surface area contributed by atoms with Crippen molar-refractivity contribution in [3.63, 3.8) is 0 Å². The van der Waals surface area contributed by atoms with Crippen LogP contribution in [0.5, 0.6) is 0 Å². The summed E-state index contributed by atoms with van der Waals surface area (Å²) in [6.07, 6.45) is 14.4. The van der Waals surface area contributed by atoms with Crippen LogP contribution < -0.4 is 24.8 Å². The Balaban J connectivity index is 0. The zero-order chi connectivity index (χ0) is 11.2. The fourth-order valence-corrected chi connectivity index (χ4v) is 1.84. The van der Waals surface area contributed by atoms with Gasteiger partial charge in [0.15, 0.2) is 0 Å². The zero-order valence-electron chi connectivity index (χ0n) is 10.9. The molecule has 98 valence electrons. The van der Waals surface area contributed by atoms with Gasteiger partial charge in [0.1, 0.15) is 0 Å². The molecule has 3 rings (SSSR count). The molecule has 1 aromatic rings. The van der Waals surface area contributed by atoms with E-state index in [1.807, 2.05) is 30.3 Å². The summed E-state index contributed by atoms with van der Waals surface area (Å²) < 4.78 is 0. The van der Waals surface area contributed by atoms with Crippen molar-refractivity contribution in [1.29, 1.82) is 0 Å². The molecule has 0 heterocycles. The molecule has 0 nitrogen and oxygen atoms in total. The average Bonchev–Trinajstić information content (AvgIpc) is 2.89. The molecule has 0 radical (unpaired) electrons. The van der Waals surface area contributed by atoms with Gasteiger partial charge in [-0.15, -0.1) is 23.8 Å². The Hall–Kier alpha value is -0.227. The van der Waals surface area contributed by atoms with Crippen LogP contribution in [0.15, 0.2) is 71.4 Å². The van der Waals surface area contributed by atoms with Gasteiger partial charge in [-0.1, -0.05) is 19.4 Å². The number of fused-ring (bicyclic) bond motifs is 1. The summed E-state index contributed by atoms with van der Waals surface area (Å²) in [6, 6.07) is 10.0. The number of halogens is 2. The molecule has 2 aliphatic rings. The smallest absolute Gasteiger partial charge is 1.00 e. The molecule has 0 spiro atoms. The first-order valence-corrected chi connectivity index (χ1v) is 5.71. The maximum Gasteiger partial charge on any atom is 4.00 e. The van der Waals surface area contributed by atoms with Gasteiger partial charge in [0.2, 0.25) is 0 Å². The second-order valence-corrected chi connectivity index (χ2v) is 3.99. The first kappa shape index (κ1) is 21.1. The monoisotopic (exact) mass is 368 g/mol. The van der Waals surface area contributed by atoms with Crippen LogP contribution in [0.3, 0.4) is 0 Å². The Morgan fingerprint density at radius 3 is 2.42 bits per heavy atom. The molecule has 0 aromatic heterocycles. The number of hydrogen-bond donors (Lipinski definition) is 0. The van der Waals surface area contributed by atoms with Gasteiger partial charge < -0.3 is 24.8 Å². The van der Waals surface area contributed by atoms with Crippen LogP contribution in [0.1, 0.15) is 19.8 Å². The van der Waals surface area contributed by atoms with Crippen molar-refractivity contribution in [2.24, 2.45) is 0 Å². The Morgan fingerprint density at radius 2 is 1.84 bits per heavy atom. The average molecular weight is 370 g/mol. The van der Waals surface area contributed by atoms with Gasteiger partial charge in [-0.3, -0.25) is 0 Å². The zero-order valence-corrected chi connectivity index (χ0v) is 14.8. The molecule has 0 saturated carbocycles. The van der Waals surface area contributed by atoms with Crippen LogP contribution in [0.2, 0.25) is 0 Å². The first-order chi connectivity index (χ1) is 7.86. The van der Waals surface area contributed by atoms with E-state index in [-0.39, 0.29) is 51.0 Å². The molecular weight excluding hydrogens is 354 g/mol. The summed E-state index contributed by atoms with van der Waals surface area (Å²) in [5.41, 5.74) is 4.00. The Kier molecular flexibility index (Phi) is 12.9. The fourth-order valence-electron chi connectivity index (χ4n) is 1.84. The van der Waals surface area contributed by atoms with Gasteiger partial charge >= 0.3 is 26.2 Å². The predicted octanol–water partition coefficient (Wildman–Crippen LogP) is -1.64. The maximum atomic E-state index is 3.33. The Bertz CT molecular complexity index is 434. The van der Waals surface area contributed by atoms with E-state index in [1.165, 1.54) is 29.6 Å². The van der Waals surface area contributed by atoms with E-state index in [1.54, 1.807) is 0 Å². The molecule has 1 aromatic carbocycles. The minimum atomic E-state index is 0. The third-order valence-electron chi connectivity index (χ3n) is 2.60. The molecule has 0 unspecified atom stereocenters. The van der Waals surface area contributed by atoms with Gasteiger partial charge in [-0.25, -0.2) is 12.1 Å². The van der Waals surface area contributed by atoms with Gasteiger partial charge in [-0.2, -0.15) is 35.4 Å². The number of rotatable bonds is 0. The Morgan fingerprint density at radius 1 is 1.16 bits per heavy atom. The molecule has 19 heavy (non-hydrogen) atoms. The van der Waals surface area contributed by atoms with Crippen molar-refractivity contribution >= 4 is 0 Å². The second kappa shape index (κ2) is 11.6. The molecule has 0 N–H and O–H groups in total. The van der Waals surface area contributed by atoms with Gasteiger partial charge in [0.05, 0.1) is 0 Å². The van der Waals surface area contributed by atoms with Crippen molar-refractivity contribution in [2.45, 2.75) is 19.8 Å². The van der Waals surface area contributed by atoms with E-state index in [4.69, 9.17) is 0 Å². The van der Waals surface area contributed by atoms with E-state index >= 15 is 0 Å². The molecule has 0 fully saturated rings. The minimum Gasteiger partial charge on any atom is -1.00 e. The van der Waals surface area contributed by atoms with Crippen LogP contribution in [-0.4, -0.2) is 0 Å². The quantitative estimate of drug-likeness (QED) is 0.481. The van der Waals surface area contributed by atoms with Crippen LogP contribution in [-0.2, 0) is 26.2 Å². The topological polar surface area (TPSA) is 0 Å². The van der Waals surface area contributed by atoms with Crippen molar-refractivity contribution in [2.75, 3.05) is 0 Å². The van der Waals surface area contributed by atoms with Gasteiger partial charge in [0, 0.05) is 0 Å². The molecule has 0 saturated heterocycles. The second-order valence-electron chi connectivity index (χ2n) is 3.99. The van der Waals surface area contributed by atoms with Crippen LogP contribution in [0.25, 0.3) is 0 Å². The van der Waals surface area contributed by atoms with E-state index in [2.05, 4.69) is 37.3 Å². The largest absolute Gasteiger partial charge is 4.00 e. The van der Waals surface area contributed by atoms with Crippen molar-refractivity contribution in [3.05, 3.63) is 77.4 Å². The number of allylic oxidation sites excluding steroid dienone is 8. The van der Waals surface area contributed by atoms with E-state index in [0.717, 1.165) is 0 Å². The summed E-state index contributed by atoms with van der Waals surface area (Å²) in [6.45, 7) is 2.10. The third kappa shape index (κ3) is 7.21. The Labute approximate surface area is 147 Å². The standard InChI is InChI=1S/C11H11.C5H5.2ClH.Zr/c1-9-7-10-5-3-2-4-6-11(10)8-9;1-2-4-5-3-1;;;/h2-3,5,8H,4,6H2,1H3;1-5H;2*1H;/q2*-1;;;+4/p-2. The number of hydrogen-bond acceptors (Lipinski definition) is 0. The molecule has 3 heteroatoms. The molecule has 2 aliphatic carbocycles. The summed E-state index contributed by atoms with van der Waals surface area (Å²) in [4.78, 5) is 0. The minimum absolute atomic E-state index is 0. The van der Waals surface area contributed by atoms with E-state index < -0.39 is 0 Å². The molecule has 0 amide bonds. The molecule has 0 bridgehead atoms. The SMILES string of the molecule is CC1=[C-]C2=CC=CCCC2=C1.[Cl-].[Cl-].[Zr+4].c1cc[cH-]c1.